The first-order valence-corrected chi connectivity index (χ1v) is 10.5. The molecule has 0 bridgehead atoms. The van der Waals surface area contributed by atoms with Crippen LogP contribution in [-0.4, -0.2) is 65.7 Å². The van der Waals surface area contributed by atoms with Gasteiger partial charge in [-0.1, -0.05) is 12.1 Å². The van der Waals surface area contributed by atoms with E-state index in [0.29, 0.717) is 31.1 Å². The molecule has 8 heteroatoms. The largest absolute Gasteiger partial charge is 0.491 e. The van der Waals surface area contributed by atoms with Gasteiger partial charge in [0.15, 0.2) is 0 Å². The van der Waals surface area contributed by atoms with Crippen molar-refractivity contribution in [3.05, 3.63) is 78.8 Å². The summed E-state index contributed by atoms with van der Waals surface area (Å²) in [5.41, 5.74) is 0.921. The molecule has 2 aromatic heterocycles. The van der Waals surface area contributed by atoms with Crippen molar-refractivity contribution in [2.45, 2.75) is 18.8 Å². The number of pyridine rings is 2. The van der Waals surface area contributed by atoms with Crippen LogP contribution in [-0.2, 0) is 6.54 Å². The molecule has 2 atom stereocenters. The van der Waals surface area contributed by atoms with Crippen LogP contribution in [0.4, 0.5) is 5.82 Å². The number of aromatic nitrogens is 2. The number of hydrogen-bond acceptors (Lipinski definition) is 8. The van der Waals surface area contributed by atoms with Gasteiger partial charge in [-0.3, -0.25) is 4.98 Å². The minimum Gasteiger partial charge on any atom is -0.491 e. The van der Waals surface area contributed by atoms with Crippen LogP contribution in [0.5, 0.6) is 11.5 Å². The summed E-state index contributed by atoms with van der Waals surface area (Å²) >= 11 is 0. The van der Waals surface area contributed by atoms with E-state index in [1.165, 1.54) is 0 Å². The van der Waals surface area contributed by atoms with Crippen LogP contribution in [0.2, 0.25) is 0 Å². The molecule has 0 saturated carbocycles. The molecule has 2 unspecified atom stereocenters. The van der Waals surface area contributed by atoms with E-state index < -0.39 is 12.2 Å². The second kappa shape index (κ2) is 12.6. The van der Waals surface area contributed by atoms with Gasteiger partial charge in [0.05, 0.1) is 5.69 Å². The van der Waals surface area contributed by atoms with E-state index >= 15 is 0 Å². The van der Waals surface area contributed by atoms with Crippen molar-refractivity contribution in [3.63, 3.8) is 0 Å². The Morgan fingerprint density at radius 3 is 2.06 bits per heavy atom. The predicted octanol–water partition coefficient (Wildman–Crippen LogP) is 1.88. The lowest BCUT2D eigenvalue weighted by Gasteiger charge is -2.21. The van der Waals surface area contributed by atoms with Gasteiger partial charge in [0.2, 0.25) is 0 Å². The first-order chi connectivity index (χ1) is 15.6. The van der Waals surface area contributed by atoms with Gasteiger partial charge >= 0.3 is 0 Å². The fourth-order valence-electron chi connectivity index (χ4n) is 2.99. The van der Waals surface area contributed by atoms with Gasteiger partial charge in [-0.2, -0.15) is 0 Å². The zero-order valence-corrected chi connectivity index (χ0v) is 18.2. The lowest BCUT2D eigenvalue weighted by atomic mass is 10.3. The molecule has 0 spiro atoms. The Hall–Kier alpha value is -3.20. The summed E-state index contributed by atoms with van der Waals surface area (Å²) in [5, 5.41) is 23.5. The summed E-state index contributed by atoms with van der Waals surface area (Å²) < 4.78 is 11.3. The van der Waals surface area contributed by atoms with E-state index in [2.05, 4.69) is 15.3 Å². The predicted molar refractivity (Wildman–Crippen MR) is 123 cm³/mol. The smallest absolute Gasteiger partial charge is 0.128 e. The van der Waals surface area contributed by atoms with Crippen molar-refractivity contribution < 1.29 is 19.7 Å². The van der Waals surface area contributed by atoms with Gasteiger partial charge in [-0.25, -0.2) is 4.98 Å². The van der Waals surface area contributed by atoms with Crippen LogP contribution >= 0.6 is 0 Å². The number of ether oxygens (including phenoxy) is 2. The van der Waals surface area contributed by atoms with Gasteiger partial charge in [-0.15, -0.1) is 0 Å². The minimum absolute atomic E-state index is 0.165. The summed E-state index contributed by atoms with van der Waals surface area (Å²) in [7, 11) is 1.88. The third kappa shape index (κ3) is 8.14. The Labute approximate surface area is 188 Å². The fourth-order valence-corrected chi connectivity index (χ4v) is 2.99. The number of nitrogens with one attached hydrogen (secondary N) is 1. The SMILES string of the molecule is CN(CC(O)COc1ccc(OCC(O)CNCc2ccccn2)cc1)c1ccccn1. The van der Waals surface area contributed by atoms with Crippen LogP contribution in [0.3, 0.4) is 0 Å². The molecule has 0 aliphatic carbocycles. The summed E-state index contributed by atoms with van der Waals surface area (Å²) in [4.78, 5) is 10.4. The summed E-state index contributed by atoms with van der Waals surface area (Å²) in [6, 6.07) is 18.5. The molecule has 2 heterocycles. The van der Waals surface area contributed by atoms with Crippen molar-refractivity contribution >= 4 is 5.82 Å². The number of aliphatic hydroxyl groups is 2. The Morgan fingerprint density at radius 1 is 0.844 bits per heavy atom. The highest BCUT2D eigenvalue weighted by molar-refractivity contribution is 5.36. The molecule has 3 N–H and O–H groups in total. The van der Waals surface area contributed by atoms with E-state index in [4.69, 9.17) is 9.47 Å². The molecule has 0 saturated heterocycles. The molecule has 3 rings (SSSR count). The Bertz CT molecular complexity index is 897. The monoisotopic (exact) mass is 438 g/mol. The molecule has 0 radical (unpaired) electrons. The molecule has 0 aliphatic rings. The van der Waals surface area contributed by atoms with E-state index in [9.17, 15) is 10.2 Å². The molecule has 1 aromatic carbocycles. The number of rotatable bonds is 13. The number of likely N-dealkylation sites (N-methyl/N-ethyl adjacent to an activating group) is 1. The maximum Gasteiger partial charge on any atom is 0.128 e. The van der Waals surface area contributed by atoms with E-state index in [0.717, 1.165) is 11.5 Å². The average molecular weight is 439 g/mol. The number of anilines is 1. The van der Waals surface area contributed by atoms with Crippen LogP contribution in [0, 0.1) is 0 Å². The highest BCUT2D eigenvalue weighted by atomic mass is 16.5. The van der Waals surface area contributed by atoms with Gasteiger partial charge in [-0.05, 0) is 48.5 Å². The summed E-state index contributed by atoms with van der Waals surface area (Å²) in [6.07, 6.45) is 2.16. The van der Waals surface area contributed by atoms with Gasteiger partial charge in [0, 0.05) is 39.1 Å². The zero-order valence-electron chi connectivity index (χ0n) is 18.2. The van der Waals surface area contributed by atoms with Crippen molar-refractivity contribution in [3.8, 4) is 11.5 Å². The van der Waals surface area contributed by atoms with Crippen LogP contribution < -0.4 is 19.7 Å². The zero-order chi connectivity index (χ0) is 22.6. The van der Waals surface area contributed by atoms with Crippen molar-refractivity contribution in [1.82, 2.24) is 15.3 Å². The lowest BCUT2D eigenvalue weighted by Crippen LogP contribution is -2.33. The van der Waals surface area contributed by atoms with Crippen LogP contribution in [0.1, 0.15) is 5.69 Å². The quantitative estimate of drug-likeness (QED) is 0.372. The molecular weight excluding hydrogens is 408 g/mol. The molecule has 32 heavy (non-hydrogen) atoms. The Kier molecular flexibility index (Phi) is 9.24. The standard InChI is InChI=1S/C24H30N4O4/c1-28(24-7-3-5-13-27-24)16-21(30)18-32-23-10-8-22(9-11-23)31-17-20(29)15-25-14-19-6-2-4-12-26-19/h2-13,20-21,25,29-30H,14-18H2,1H3. The second-order valence-electron chi connectivity index (χ2n) is 7.42. The summed E-state index contributed by atoms with van der Waals surface area (Å²) in [6.45, 7) is 1.74. The molecule has 0 aliphatic heterocycles. The van der Waals surface area contributed by atoms with Crippen molar-refractivity contribution in [2.75, 3.05) is 38.3 Å². The Balaban J connectivity index is 1.32. The highest BCUT2D eigenvalue weighted by Gasteiger charge is 2.11. The molecule has 170 valence electrons. The van der Waals surface area contributed by atoms with E-state index in [1.54, 1.807) is 36.7 Å². The lowest BCUT2D eigenvalue weighted by molar-refractivity contribution is 0.105. The van der Waals surface area contributed by atoms with Crippen molar-refractivity contribution in [2.24, 2.45) is 0 Å². The summed E-state index contributed by atoms with van der Waals surface area (Å²) in [5.74, 6) is 2.06. The van der Waals surface area contributed by atoms with Gasteiger partial charge < -0.3 is 29.9 Å². The fraction of sp³-hybridized carbons (Fsp3) is 0.333. The molecule has 3 aromatic rings. The topological polar surface area (TPSA) is 100.0 Å². The normalized spacial score (nSPS) is 12.7. The van der Waals surface area contributed by atoms with Crippen molar-refractivity contribution in [1.29, 1.82) is 0 Å². The average Bonchev–Trinajstić information content (AvgIpc) is 2.83. The minimum atomic E-state index is -0.660. The second-order valence-corrected chi connectivity index (χ2v) is 7.42. The number of hydrogen-bond donors (Lipinski definition) is 3. The number of aliphatic hydroxyl groups excluding tert-OH is 2. The van der Waals surface area contributed by atoms with Crippen LogP contribution in [0.15, 0.2) is 73.1 Å². The molecule has 0 amide bonds. The highest BCUT2D eigenvalue weighted by Crippen LogP contribution is 2.18. The van der Waals surface area contributed by atoms with E-state index in [1.807, 2.05) is 48.3 Å². The third-order valence-electron chi connectivity index (χ3n) is 4.65. The molecule has 8 nitrogen and oxygen atoms in total. The van der Waals surface area contributed by atoms with Gasteiger partial charge in [0.1, 0.15) is 42.7 Å². The molecular formula is C24H30N4O4. The molecule has 0 fully saturated rings. The van der Waals surface area contributed by atoms with Gasteiger partial charge in [0.25, 0.3) is 0 Å². The maximum absolute atomic E-state index is 10.2. The third-order valence-corrected chi connectivity index (χ3v) is 4.65. The van der Waals surface area contributed by atoms with Crippen LogP contribution in [0.25, 0.3) is 0 Å². The first kappa shape index (κ1) is 23.5. The first-order valence-electron chi connectivity index (χ1n) is 10.5. The number of benzene rings is 1. The van der Waals surface area contributed by atoms with E-state index in [-0.39, 0.29) is 13.2 Å². The Morgan fingerprint density at radius 2 is 1.47 bits per heavy atom. The maximum atomic E-state index is 10.2. The number of nitrogens with zero attached hydrogens (tertiary/aromatic N) is 3.